The standard InChI is InChI=1S/C15H24N2O3S/c1-12(16-21(18,19)15-8-9-20-11-15)10-13-4-6-14(7-5-13)17(2)3/h4-7,12,15-16H,8-11H2,1-3H3. The van der Waals surface area contributed by atoms with Gasteiger partial charge in [-0.1, -0.05) is 12.1 Å². The summed E-state index contributed by atoms with van der Waals surface area (Å²) in [5.74, 6) is 0. The molecule has 0 radical (unpaired) electrons. The molecule has 0 spiro atoms. The van der Waals surface area contributed by atoms with Crippen LogP contribution in [0.5, 0.6) is 0 Å². The van der Waals surface area contributed by atoms with Crippen molar-refractivity contribution in [2.24, 2.45) is 0 Å². The Labute approximate surface area is 127 Å². The second-order valence-corrected chi connectivity index (χ2v) is 7.81. The third kappa shape index (κ3) is 4.43. The van der Waals surface area contributed by atoms with Crippen molar-refractivity contribution in [1.82, 2.24) is 4.72 Å². The Morgan fingerprint density at radius 1 is 1.33 bits per heavy atom. The number of ether oxygens (including phenoxy) is 1. The van der Waals surface area contributed by atoms with Crippen LogP contribution < -0.4 is 9.62 Å². The van der Waals surface area contributed by atoms with E-state index in [9.17, 15) is 8.42 Å². The fraction of sp³-hybridized carbons (Fsp3) is 0.600. The lowest BCUT2D eigenvalue weighted by Gasteiger charge is -2.18. The first-order valence-electron chi connectivity index (χ1n) is 7.23. The molecular weight excluding hydrogens is 288 g/mol. The van der Waals surface area contributed by atoms with Crippen LogP contribution in [0.4, 0.5) is 5.69 Å². The molecule has 5 nitrogen and oxygen atoms in total. The normalized spacial score (nSPS) is 20.4. The van der Waals surface area contributed by atoms with E-state index in [4.69, 9.17) is 4.74 Å². The van der Waals surface area contributed by atoms with Crippen LogP contribution in [0, 0.1) is 0 Å². The molecule has 0 saturated carbocycles. The molecular formula is C15H24N2O3S. The summed E-state index contributed by atoms with van der Waals surface area (Å²) < 4.78 is 32.3. The van der Waals surface area contributed by atoms with E-state index in [2.05, 4.69) is 4.72 Å². The number of anilines is 1. The van der Waals surface area contributed by atoms with Gasteiger partial charge in [-0.05, 0) is 37.5 Å². The largest absolute Gasteiger partial charge is 0.380 e. The van der Waals surface area contributed by atoms with Gasteiger partial charge < -0.3 is 9.64 Å². The van der Waals surface area contributed by atoms with E-state index in [1.807, 2.05) is 50.2 Å². The minimum Gasteiger partial charge on any atom is -0.380 e. The molecule has 0 aromatic heterocycles. The van der Waals surface area contributed by atoms with Gasteiger partial charge in [0.1, 0.15) is 5.25 Å². The van der Waals surface area contributed by atoms with E-state index in [1.54, 1.807) is 0 Å². The molecule has 118 valence electrons. The summed E-state index contributed by atoms with van der Waals surface area (Å²) in [6.45, 7) is 2.73. The van der Waals surface area contributed by atoms with E-state index >= 15 is 0 Å². The summed E-state index contributed by atoms with van der Waals surface area (Å²) in [6, 6.07) is 8.04. The first-order chi connectivity index (χ1) is 9.88. The predicted molar refractivity (Wildman–Crippen MR) is 85.2 cm³/mol. The highest BCUT2D eigenvalue weighted by Gasteiger charge is 2.30. The molecule has 1 aliphatic heterocycles. The van der Waals surface area contributed by atoms with Gasteiger partial charge in [0, 0.05) is 32.4 Å². The van der Waals surface area contributed by atoms with Crippen molar-refractivity contribution in [2.75, 3.05) is 32.2 Å². The fourth-order valence-corrected chi connectivity index (χ4v) is 3.98. The van der Waals surface area contributed by atoms with Gasteiger partial charge in [0.15, 0.2) is 0 Å². The Balaban J connectivity index is 1.93. The molecule has 1 aromatic rings. The van der Waals surface area contributed by atoms with Crippen LogP contribution in [0.3, 0.4) is 0 Å². The predicted octanol–water partition coefficient (Wildman–Crippen LogP) is 1.39. The average Bonchev–Trinajstić information content (AvgIpc) is 2.93. The molecule has 2 atom stereocenters. The third-order valence-electron chi connectivity index (χ3n) is 3.69. The number of rotatable bonds is 6. The van der Waals surface area contributed by atoms with Crippen LogP contribution in [-0.4, -0.2) is 47.0 Å². The van der Waals surface area contributed by atoms with Crippen molar-refractivity contribution in [3.05, 3.63) is 29.8 Å². The minimum absolute atomic E-state index is 0.124. The average molecular weight is 312 g/mol. The molecule has 0 bridgehead atoms. The summed E-state index contributed by atoms with van der Waals surface area (Å²) in [6.07, 6.45) is 1.26. The van der Waals surface area contributed by atoms with E-state index in [-0.39, 0.29) is 6.04 Å². The smallest absolute Gasteiger partial charge is 0.217 e. The topological polar surface area (TPSA) is 58.6 Å². The second-order valence-electron chi connectivity index (χ2n) is 5.81. The second kappa shape index (κ2) is 6.77. The lowest BCUT2D eigenvalue weighted by atomic mass is 10.1. The monoisotopic (exact) mass is 312 g/mol. The van der Waals surface area contributed by atoms with Crippen molar-refractivity contribution in [1.29, 1.82) is 0 Å². The van der Waals surface area contributed by atoms with Crippen molar-refractivity contribution in [3.8, 4) is 0 Å². The molecule has 1 aliphatic rings. The van der Waals surface area contributed by atoms with Gasteiger partial charge in [0.05, 0.1) is 6.61 Å². The number of nitrogens with zero attached hydrogens (tertiary/aromatic N) is 1. The van der Waals surface area contributed by atoms with Gasteiger partial charge in [-0.25, -0.2) is 13.1 Å². The minimum atomic E-state index is -3.28. The lowest BCUT2D eigenvalue weighted by molar-refractivity contribution is 0.198. The molecule has 1 aromatic carbocycles. The maximum Gasteiger partial charge on any atom is 0.217 e. The van der Waals surface area contributed by atoms with Gasteiger partial charge in [0.2, 0.25) is 10.0 Å². The van der Waals surface area contributed by atoms with E-state index in [0.29, 0.717) is 26.1 Å². The summed E-state index contributed by atoms with van der Waals surface area (Å²) in [5, 5.41) is -0.406. The van der Waals surface area contributed by atoms with E-state index in [1.165, 1.54) is 0 Å². The first-order valence-corrected chi connectivity index (χ1v) is 8.78. The van der Waals surface area contributed by atoms with Crippen molar-refractivity contribution in [2.45, 2.75) is 31.1 Å². The Hall–Kier alpha value is -1.11. The molecule has 1 saturated heterocycles. The van der Waals surface area contributed by atoms with Crippen LogP contribution in [0.15, 0.2) is 24.3 Å². The SMILES string of the molecule is CC(Cc1ccc(N(C)C)cc1)NS(=O)(=O)C1CCOC1. The molecule has 1 fully saturated rings. The van der Waals surface area contributed by atoms with Gasteiger partial charge in [-0.2, -0.15) is 0 Å². The molecule has 0 amide bonds. The zero-order valence-corrected chi connectivity index (χ0v) is 13.7. The van der Waals surface area contributed by atoms with Crippen LogP contribution in [-0.2, 0) is 21.2 Å². The molecule has 6 heteroatoms. The Morgan fingerprint density at radius 3 is 2.52 bits per heavy atom. The fourth-order valence-electron chi connectivity index (χ4n) is 2.46. The Morgan fingerprint density at radius 2 is 2.00 bits per heavy atom. The van der Waals surface area contributed by atoms with Crippen LogP contribution in [0.2, 0.25) is 0 Å². The number of sulfonamides is 1. The lowest BCUT2D eigenvalue weighted by Crippen LogP contribution is -2.40. The zero-order chi connectivity index (χ0) is 15.5. The molecule has 1 N–H and O–H groups in total. The summed E-state index contributed by atoms with van der Waals surface area (Å²) >= 11 is 0. The van der Waals surface area contributed by atoms with Gasteiger partial charge >= 0.3 is 0 Å². The number of nitrogens with one attached hydrogen (secondary N) is 1. The summed E-state index contributed by atoms with van der Waals surface area (Å²) in [7, 11) is 0.707. The first kappa shape index (κ1) is 16.3. The van der Waals surface area contributed by atoms with Gasteiger partial charge in [-0.3, -0.25) is 0 Å². The van der Waals surface area contributed by atoms with Crippen molar-refractivity contribution in [3.63, 3.8) is 0 Å². The molecule has 2 rings (SSSR count). The van der Waals surface area contributed by atoms with Gasteiger partial charge in [-0.15, -0.1) is 0 Å². The number of hydrogen-bond acceptors (Lipinski definition) is 4. The highest BCUT2D eigenvalue weighted by Crippen LogP contribution is 2.16. The van der Waals surface area contributed by atoms with Crippen LogP contribution in [0.1, 0.15) is 18.9 Å². The maximum absolute atomic E-state index is 12.2. The van der Waals surface area contributed by atoms with Gasteiger partial charge in [0.25, 0.3) is 0 Å². The highest BCUT2D eigenvalue weighted by molar-refractivity contribution is 7.90. The van der Waals surface area contributed by atoms with Crippen LogP contribution >= 0.6 is 0 Å². The quantitative estimate of drug-likeness (QED) is 0.862. The highest BCUT2D eigenvalue weighted by atomic mass is 32.2. The van der Waals surface area contributed by atoms with E-state index in [0.717, 1.165) is 11.3 Å². The summed E-state index contributed by atoms with van der Waals surface area (Å²) in [4.78, 5) is 2.04. The van der Waals surface area contributed by atoms with Crippen LogP contribution in [0.25, 0.3) is 0 Å². The van der Waals surface area contributed by atoms with Crippen molar-refractivity contribution < 1.29 is 13.2 Å². The summed E-state index contributed by atoms with van der Waals surface area (Å²) in [5.41, 5.74) is 2.26. The number of hydrogen-bond donors (Lipinski definition) is 1. The van der Waals surface area contributed by atoms with Crippen molar-refractivity contribution >= 4 is 15.7 Å². The third-order valence-corrected chi connectivity index (χ3v) is 5.67. The maximum atomic E-state index is 12.2. The molecule has 1 heterocycles. The number of benzene rings is 1. The molecule has 21 heavy (non-hydrogen) atoms. The Bertz CT molecular complexity index is 549. The Kier molecular flexibility index (Phi) is 5.24. The zero-order valence-electron chi connectivity index (χ0n) is 12.9. The molecule has 2 unspecified atom stereocenters. The molecule has 0 aliphatic carbocycles. The van der Waals surface area contributed by atoms with E-state index < -0.39 is 15.3 Å².